The molecule has 0 unspecified atom stereocenters. The number of carbonyl (C=O) groups is 1. The molecule has 0 atom stereocenters. The smallest absolute Gasteiger partial charge is 0.333 e. The van der Waals surface area contributed by atoms with E-state index in [0.717, 1.165) is 9.13 Å². The second-order valence-electron chi connectivity index (χ2n) is 5.94. The zero-order valence-electron chi connectivity index (χ0n) is 14.8. The van der Waals surface area contributed by atoms with Crippen molar-refractivity contribution in [3.63, 3.8) is 0 Å². The molecule has 7 nitrogen and oxygen atoms in total. The molecule has 0 aliphatic rings. The van der Waals surface area contributed by atoms with Crippen molar-refractivity contribution in [2.24, 2.45) is 19.1 Å². The molecule has 1 aromatic heterocycles. The summed E-state index contributed by atoms with van der Waals surface area (Å²) < 4.78 is 1.85. The molecular weight excluding hydrogens is 346 g/mol. The van der Waals surface area contributed by atoms with Gasteiger partial charge in [0, 0.05) is 31.4 Å². The summed E-state index contributed by atoms with van der Waals surface area (Å²) in [4.78, 5) is 40.4. The van der Waals surface area contributed by atoms with E-state index in [0.29, 0.717) is 16.8 Å². The predicted octanol–water partition coefficient (Wildman–Crippen LogP) is 1.77. The normalized spacial score (nSPS) is 11.0. The van der Waals surface area contributed by atoms with E-state index < -0.39 is 17.1 Å². The molecule has 0 aliphatic carbocycles. The Labute approximate surface area is 154 Å². The molecule has 0 amide bonds. The van der Waals surface area contributed by atoms with Crippen molar-refractivity contribution in [3.05, 3.63) is 92.1 Å². The molecule has 7 heteroatoms. The van der Waals surface area contributed by atoms with E-state index in [9.17, 15) is 19.5 Å². The second kappa shape index (κ2) is 7.25. The Balaban J connectivity index is 1.89. The molecule has 27 heavy (non-hydrogen) atoms. The summed E-state index contributed by atoms with van der Waals surface area (Å²) >= 11 is 0. The fraction of sp³-hybridized carbons (Fsp3) is 0.100. The van der Waals surface area contributed by atoms with Crippen LogP contribution in [0.4, 0.5) is 5.69 Å². The zero-order valence-corrected chi connectivity index (χ0v) is 14.8. The van der Waals surface area contributed by atoms with Crippen LogP contribution in [0.15, 0.2) is 69.2 Å². The zero-order chi connectivity index (χ0) is 19.6. The van der Waals surface area contributed by atoms with Gasteiger partial charge in [-0.1, -0.05) is 30.3 Å². The number of aromatic nitrogens is 2. The standard InChI is InChI=1S/C20H17N3O4/c1-22-18(25)16(19(26)23(2)20(22)27)12-21-15-10-8-14(9-11-15)17(24)13-6-4-3-5-7-13/h3-12,25H,1-2H3. The first-order valence-corrected chi connectivity index (χ1v) is 8.13. The Hall–Kier alpha value is -3.74. The van der Waals surface area contributed by atoms with Crippen LogP contribution in [0.3, 0.4) is 0 Å². The number of aliphatic imine (C=N–C) groups is 1. The minimum Gasteiger partial charge on any atom is -0.494 e. The van der Waals surface area contributed by atoms with Crippen molar-refractivity contribution in [2.45, 2.75) is 0 Å². The Morgan fingerprint density at radius 2 is 1.52 bits per heavy atom. The lowest BCUT2D eigenvalue weighted by Crippen LogP contribution is -2.38. The number of hydrogen-bond donors (Lipinski definition) is 1. The third-order valence-corrected chi connectivity index (χ3v) is 4.18. The van der Waals surface area contributed by atoms with E-state index in [1.54, 1.807) is 48.5 Å². The Morgan fingerprint density at radius 3 is 2.15 bits per heavy atom. The van der Waals surface area contributed by atoms with Gasteiger partial charge in [0.1, 0.15) is 5.56 Å². The third kappa shape index (κ3) is 3.48. The second-order valence-corrected chi connectivity index (χ2v) is 5.94. The SMILES string of the molecule is Cn1c(O)c(C=Nc2ccc(C(=O)c3ccccc3)cc2)c(=O)n(C)c1=O. The van der Waals surface area contributed by atoms with E-state index in [-0.39, 0.29) is 11.3 Å². The Morgan fingerprint density at radius 1 is 0.926 bits per heavy atom. The lowest BCUT2D eigenvalue weighted by Gasteiger charge is -2.07. The van der Waals surface area contributed by atoms with Crippen molar-refractivity contribution in [1.82, 2.24) is 9.13 Å². The lowest BCUT2D eigenvalue weighted by molar-refractivity contribution is 0.103. The van der Waals surface area contributed by atoms with Gasteiger partial charge in [-0.3, -0.25) is 23.7 Å². The Bertz CT molecular complexity index is 1140. The first-order valence-electron chi connectivity index (χ1n) is 8.13. The highest BCUT2D eigenvalue weighted by Crippen LogP contribution is 2.16. The summed E-state index contributed by atoms with van der Waals surface area (Å²) in [6, 6.07) is 15.5. The van der Waals surface area contributed by atoms with E-state index in [1.165, 1.54) is 20.3 Å². The van der Waals surface area contributed by atoms with Crippen LogP contribution in [0, 0.1) is 0 Å². The van der Waals surface area contributed by atoms with Crippen LogP contribution in [0.25, 0.3) is 0 Å². The molecule has 0 saturated carbocycles. The maximum absolute atomic E-state index is 12.4. The molecule has 1 N–H and O–H groups in total. The highest BCUT2D eigenvalue weighted by molar-refractivity contribution is 6.09. The fourth-order valence-corrected chi connectivity index (χ4v) is 2.57. The highest BCUT2D eigenvalue weighted by atomic mass is 16.3. The molecule has 1 heterocycles. The van der Waals surface area contributed by atoms with Gasteiger partial charge < -0.3 is 5.11 Å². The van der Waals surface area contributed by atoms with Crippen LogP contribution >= 0.6 is 0 Å². The van der Waals surface area contributed by atoms with Crippen molar-refractivity contribution in [1.29, 1.82) is 0 Å². The number of benzene rings is 2. The van der Waals surface area contributed by atoms with Crippen LogP contribution in [0.1, 0.15) is 21.5 Å². The summed E-state index contributed by atoms with van der Waals surface area (Å²) in [5.41, 5.74) is 0.237. The fourth-order valence-electron chi connectivity index (χ4n) is 2.57. The molecule has 3 rings (SSSR count). The van der Waals surface area contributed by atoms with Crippen LogP contribution in [0.5, 0.6) is 5.88 Å². The highest BCUT2D eigenvalue weighted by Gasteiger charge is 2.13. The minimum atomic E-state index is -0.643. The van der Waals surface area contributed by atoms with Gasteiger partial charge >= 0.3 is 5.69 Å². The van der Waals surface area contributed by atoms with Crippen molar-refractivity contribution in [3.8, 4) is 5.88 Å². The van der Waals surface area contributed by atoms with Crippen molar-refractivity contribution in [2.75, 3.05) is 0 Å². The largest absolute Gasteiger partial charge is 0.494 e. The monoisotopic (exact) mass is 363 g/mol. The van der Waals surface area contributed by atoms with Crippen molar-refractivity contribution >= 4 is 17.7 Å². The number of ketones is 1. The quantitative estimate of drug-likeness (QED) is 0.565. The average Bonchev–Trinajstić information content (AvgIpc) is 2.71. The molecule has 0 aliphatic heterocycles. The van der Waals surface area contributed by atoms with E-state index >= 15 is 0 Å². The molecule has 0 radical (unpaired) electrons. The van der Waals surface area contributed by atoms with Crippen LogP contribution in [-0.2, 0) is 14.1 Å². The lowest BCUT2D eigenvalue weighted by atomic mass is 10.0. The van der Waals surface area contributed by atoms with E-state index in [2.05, 4.69) is 4.99 Å². The van der Waals surface area contributed by atoms with E-state index in [4.69, 9.17) is 0 Å². The summed E-state index contributed by atoms with van der Waals surface area (Å²) in [6.45, 7) is 0. The maximum Gasteiger partial charge on any atom is 0.333 e. The average molecular weight is 363 g/mol. The van der Waals surface area contributed by atoms with Gasteiger partial charge in [-0.15, -0.1) is 0 Å². The topological polar surface area (TPSA) is 93.7 Å². The van der Waals surface area contributed by atoms with E-state index in [1.807, 2.05) is 6.07 Å². The summed E-state index contributed by atoms with van der Waals surface area (Å²) in [6.07, 6.45) is 1.20. The predicted molar refractivity (Wildman–Crippen MR) is 102 cm³/mol. The number of rotatable bonds is 4. The van der Waals surface area contributed by atoms with Gasteiger partial charge in [0.05, 0.1) is 5.69 Å². The van der Waals surface area contributed by atoms with Gasteiger partial charge in [-0.05, 0) is 24.3 Å². The number of hydrogen-bond acceptors (Lipinski definition) is 5. The van der Waals surface area contributed by atoms with Gasteiger partial charge in [0.15, 0.2) is 5.78 Å². The molecule has 2 aromatic carbocycles. The Kier molecular flexibility index (Phi) is 4.85. The maximum atomic E-state index is 12.4. The molecule has 3 aromatic rings. The third-order valence-electron chi connectivity index (χ3n) is 4.18. The molecule has 0 fully saturated rings. The number of aromatic hydroxyl groups is 1. The van der Waals surface area contributed by atoms with Crippen LogP contribution in [-0.4, -0.2) is 26.2 Å². The number of nitrogens with zero attached hydrogens (tertiary/aromatic N) is 3. The molecule has 0 bridgehead atoms. The van der Waals surface area contributed by atoms with Crippen LogP contribution < -0.4 is 11.2 Å². The van der Waals surface area contributed by atoms with Gasteiger partial charge in [0.2, 0.25) is 5.88 Å². The molecule has 0 saturated heterocycles. The first kappa shape index (κ1) is 18.1. The molecular formula is C20H17N3O4. The van der Waals surface area contributed by atoms with Gasteiger partial charge in [-0.25, -0.2) is 4.79 Å². The summed E-state index contributed by atoms with van der Waals surface area (Å²) in [5, 5.41) is 10.0. The van der Waals surface area contributed by atoms with Crippen LogP contribution in [0.2, 0.25) is 0 Å². The summed E-state index contributed by atoms with van der Waals surface area (Å²) in [5.74, 6) is -0.557. The van der Waals surface area contributed by atoms with Crippen molar-refractivity contribution < 1.29 is 9.90 Å². The first-order chi connectivity index (χ1) is 12.9. The number of carbonyl (C=O) groups excluding carboxylic acids is 1. The van der Waals surface area contributed by atoms with Gasteiger partial charge in [0.25, 0.3) is 5.56 Å². The van der Waals surface area contributed by atoms with Gasteiger partial charge in [-0.2, -0.15) is 0 Å². The minimum absolute atomic E-state index is 0.0935. The summed E-state index contributed by atoms with van der Waals surface area (Å²) in [7, 11) is 2.68. The molecule has 136 valence electrons. The molecule has 0 spiro atoms.